The first-order valence-electron chi connectivity index (χ1n) is 6.09. The van der Waals surface area contributed by atoms with Gasteiger partial charge in [0.2, 0.25) is 0 Å². The van der Waals surface area contributed by atoms with E-state index in [2.05, 4.69) is 5.32 Å². The van der Waals surface area contributed by atoms with Crippen LogP contribution >= 0.6 is 0 Å². The molecule has 1 atom stereocenters. The van der Waals surface area contributed by atoms with Gasteiger partial charge in [-0.15, -0.1) is 0 Å². The lowest BCUT2D eigenvalue weighted by Crippen LogP contribution is -2.33. The second-order valence-corrected chi connectivity index (χ2v) is 4.15. The number of benzene rings is 1. The third-order valence-corrected chi connectivity index (χ3v) is 2.71. The molecular weight excluding hydrogens is 230 g/mol. The van der Waals surface area contributed by atoms with Crippen LogP contribution in [0.15, 0.2) is 42.7 Å². The van der Waals surface area contributed by atoms with Gasteiger partial charge in [0.25, 0.3) is 0 Å². The Balaban J connectivity index is 1.64. The summed E-state index contributed by atoms with van der Waals surface area (Å²) in [5.41, 5.74) is 0.976. The van der Waals surface area contributed by atoms with Gasteiger partial charge in [-0.05, 0) is 24.5 Å². The highest BCUT2D eigenvalue weighted by Gasteiger charge is 2.12. The molecular formula is C14H17NO3. The summed E-state index contributed by atoms with van der Waals surface area (Å²) in [5.74, 6) is 0. The van der Waals surface area contributed by atoms with E-state index in [1.807, 2.05) is 36.4 Å². The van der Waals surface area contributed by atoms with Gasteiger partial charge in [-0.3, -0.25) is 0 Å². The fourth-order valence-electron chi connectivity index (χ4n) is 1.71. The number of hydrogen-bond donors (Lipinski definition) is 1. The van der Waals surface area contributed by atoms with E-state index in [-0.39, 0.29) is 12.7 Å². The number of ether oxygens (including phenoxy) is 2. The first kappa shape index (κ1) is 12.5. The van der Waals surface area contributed by atoms with E-state index >= 15 is 0 Å². The summed E-state index contributed by atoms with van der Waals surface area (Å²) < 4.78 is 10.4. The van der Waals surface area contributed by atoms with Gasteiger partial charge in [-0.1, -0.05) is 30.3 Å². The van der Waals surface area contributed by atoms with Crippen molar-refractivity contribution in [2.24, 2.45) is 0 Å². The molecule has 1 aromatic carbocycles. The van der Waals surface area contributed by atoms with Crippen molar-refractivity contribution in [1.82, 2.24) is 5.32 Å². The van der Waals surface area contributed by atoms with Crippen LogP contribution in [0.5, 0.6) is 0 Å². The molecule has 1 N–H and O–H groups in total. The zero-order valence-corrected chi connectivity index (χ0v) is 10.2. The van der Waals surface area contributed by atoms with Crippen molar-refractivity contribution in [3.05, 3.63) is 48.2 Å². The number of nitrogens with one attached hydrogen (secondary N) is 1. The molecule has 1 aliphatic rings. The van der Waals surface area contributed by atoms with E-state index < -0.39 is 6.09 Å². The maximum atomic E-state index is 11.5. The van der Waals surface area contributed by atoms with E-state index in [4.69, 9.17) is 9.47 Å². The monoisotopic (exact) mass is 247 g/mol. The Kier molecular flexibility index (Phi) is 4.64. The fraction of sp³-hybridized carbons (Fsp3) is 0.357. The molecule has 0 aliphatic carbocycles. The van der Waals surface area contributed by atoms with Gasteiger partial charge in [-0.25, -0.2) is 4.79 Å². The normalized spacial score (nSPS) is 17.9. The van der Waals surface area contributed by atoms with Crippen LogP contribution in [0.2, 0.25) is 0 Å². The zero-order chi connectivity index (χ0) is 12.6. The Labute approximate surface area is 107 Å². The molecule has 0 aromatic heterocycles. The molecule has 1 aromatic rings. The molecule has 4 heteroatoms. The largest absolute Gasteiger partial charge is 0.497 e. The van der Waals surface area contributed by atoms with E-state index in [1.54, 1.807) is 6.26 Å². The molecule has 18 heavy (non-hydrogen) atoms. The highest BCUT2D eigenvalue weighted by molar-refractivity contribution is 5.67. The second-order valence-electron chi connectivity index (χ2n) is 4.15. The Morgan fingerprint density at radius 1 is 1.39 bits per heavy atom. The first-order chi connectivity index (χ1) is 8.84. The maximum absolute atomic E-state index is 11.5. The van der Waals surface area contributed by atoms with Crippen LogP contribution in [0.1, 0.15) is 18.4 Å². The lowest BCUT2D eigenvalue weighted by molar-refractivity contribution is 0.107. The van der Waals surface area contributed by atoms with Crippen LogP contribution < -0.4 is 5.32 Å². The summed E-state index contributed by atoms with van der Waals surface area (Å²) in [6.45, 7) is 0.774. The van der Waals surface area contributed by atoms with E-state index in [1.165, 1.54) is 0 Å². The highest BCUT2D eigenvalue weighted by atomic mass is 16.5. The van der Waals surface area contributed by atoms with Crippen LogP contribution in [-0.4, -0.2) is 18.7 Å². The van der Waals surface area contributed by atoms with Gasteiger partial charge in [-0.2, -0.15) is 0 Å². The molecule has 2 rings (SSSR count). The standard InChI is InChI=1S/C14H17NO3/c16-14(15-10-13-8-4-5-9-17-13)18-11-12-6-2-1-3-7-12/h1-3,5-7,9,13H,4,8,10-11H2,(H,15,16). The number of carbonyl (C=O) groups excluding carboxylic acids is 1. The van der Waals surface area contributed by atoms with E-state index in [0.717, 1.165) is 18.4 Å². The van der Waals surface area contributed by atoms with Gasteiger partial charge in [0, 0.05) is 0 Å². The lowest BCUT2D eigenvalue weighted by atomic mass is 10.1. The van der Waals surface area contributed by atoms with Crippen molar-refractivity contribution < 1.29 is 14.3 Å². The average Bonchev–Trinajstić information content (AvgIpc) is 2.45. The van der Waals surface area contributed by atoms with Gasteiger partial charge >= 0.3 is 6.09 Å². The molecule has 1 heterocycles. The molecule has 96 valence electrons. The molecule has 0 saturated carbocycles. The molecule has 4 nitrogen and oxygen atoms in total. The molecule has 0 radical (unpaired) electrons. The SMILES string of the molecule is O=C(NCC1CCC=CO1)OCc1ccccc1. The summed E-state index contributed by atoms with van der Waals surface area (Å²) in [6, 6.07) is 9.60. The minimum Gasteiger partial charge on any atom is -0.497 e. The van der Waals surface area contributed by atoms with Gasteiger partial charge in [0.1, 0.15) is 12.7 Å². The minimum absolute atomic E-state index is 0.0549. The zero-order valence-electron chi connectivity index (χ0n) is 10.2. The number of amides is 1. The van der Waals surface area contributed by atoms with Gasteiger partial charge in [0.05, 0.1) is 12.8 Å². The molecule has 1 unspecified atom stereocenters. The number of rotatable bonds is 4. The molecule has 0 spiro atoms. The van der Waals surface area contributed by atoms with Crippen molar-refractivity contribution in [1.29, 1.82) is 0 Å². The first-order valence-corrected chi connectivity index (χ1v) is 6.09. The van der Waals surface area contributed by atoms with Crippen molar-refractivity contribution in [2.45, 2.75) is 25.6 Å². The summed E-state index contributed by atoms with van der Waals surface area (Å²) in [7, 11) is 0. The minimum atomic E-state index is -0.406. The van der Waals surface area contributed by atoms with Crippen LogP contribution in [0, 0.1) is 0 Å². The van der Waals surface area contributed by atoms with Crippen LogP contribution in [0.4, 0.5) is 4.79 Å². The average molecular weight is 247 g/mol. The van der Waals surface area contributed by atoms with Gasteiger partial charge in [0.15, 0.2) is 0 Å². The predicted molar refractivity (Wildman–Crippen MR) is 67.9 cm³/mol. The Morgan fingerprint density at radius 3 is 2.94 bits per heavy atom. The van der Waals surface area contributed by atoms with Crippen LogP contribution in [-0.2, 0) is 16.1 Å². The van der Waals surface area contributed by atoms with Crippen LogP contribution in [0.25, 0.3) is 0 Å². The van der Waals surface area contributed by atoms with Crippen molar-refractivity contribution in [3.8, 4) is 0 Å². The maximum Gasteiger partial charge on any atom is 0.407 e. The third-order valence-electron chi connectivity index (χ3n) is 2.71. The summed E-state index contributed by atoms with van der Waals surface area (Å²) >= 11 is 0. The fourth-order valence-corrected chi connectivity index (χ4v) is 1.71. The number of carbonyl (C=O) groups is 1. The molecule has 1 aliphatic heterocycles. The summed E-state index contributed by atoms with van der Waals surface area (Å²) in [5, 5.41) is 2.70. The molecule has 0 saturated heterocycles. The van der Waals surface area contributed by atoms with Crippen molar-refractivity contribution >= 4 is 6.09 Å². The highest BCUT2D eigenvalue weighted by Crippen LogP contribution is 2.09. The second kappa shape index (κ2) is 6.69. The van der Waals surface area contributed by atoms with Gasteiger partial charge < -0.3 is 14.8 Å². The third kappa shape index (κ3) is 4.13. The molecule has 1 amide bonds. The Hall–Kier alpha value is -1.97. The molecule has 0 fully saturated rings. The lowest BCUT2D eigenvalue weighted by Gasteiger charge is -2.19. The number of allylic oxidation sites excluding steroid dienone is 1. The summed E-state index contributed by atoms with van der Waals surface area (Å²) in [4.78, 5) is 11.5. The van der Waals surface area contributed by atoms with E-state index in [9.17, 15) is 4.79 Å². The summed E-state index contributed by atoms with van der Waals surface area (Å²) in [6.07, 6.45) is 5.23. The number of alkyl carbamates (subject to hydrolysis) is 1. The van der Waals surface area contributed by atoms with Crippen molar-refractivity contribution in [2.75, 3.05) is 6.54 Å². The quantitative estimate of drug-likeness (QED) is 0.889. The topological polar surface area (TPSA) is 47.6 Å². The number of hydrogen-bond acceptors (Lipinski definition) is 3. The van der Waals surface area contributed by atoms with Crippen molar-refractivity contribution in [3.63, 3.8) is 0 Å². The smallest absolute Gasteiger partial charge is 0.407 e. The Bertz CT molecular complexity index is 403. The Morgan fingerprint density at radius 2 is 2.22 bits per heavy atom. The van der Waals surface area contributed by atoms with E-state index in [0.29, 0.717) is 6.54 Å². The van der Waals surface area contributed by atoms with Crippen LogP contribution in [0.3, 0.4) is 0 Å². The predicted octanol–water partition coefficient (Wildman–Crippen LogP) is 2.61. The molecule has 0 bridgehead atoms.